The Labute approximate surface area is 147 Å². The fraction of sp³-hybridized carbons (Fsp3) is 0.300. The van der Waals surface area contributed by atoms with E-state index < -0.39 is 12.1 Å². The van der Waals surface area contributed by atoms with Crippen LogP contribution in [-0.4, -0.2) is 29.5 Å². The van der Waals surface area contributed by atoms with E-state index in [1.54, 1.807) is 0 Å². The van der Waals surface area contributed by atoms with Gasteiger partial charge in [-0.25, -0.2) is 9.59 Å². The number of benzene rings is 2. The summed E-state index contributed by atoms with van der Waals surface area (Å²) >= 11 is 0. The van der Waals surface area contributed by atoms with Gasteiger partial charge in [-0.3, -0.25) is 4.90 Å². The van der Waals surface area contributed by atoms with Gasteiger partial charge < -0.3 is 9.47 Å². The van der Waals surface area contributed by atoms with E-state index in [4.69, 9.17) is 9.47 Å². The summed E-state index contributed by atoms with van der Waals surface area (Å²) in [6, 6.07) is 18.4. The summed E-state index contributed by atoms with van der Waals surface area (Å²) < 4.78 is 10.7. The first-order valence-electron chi connectivity index (χ1n) is 8.42. The van der Waals surface area contributed by atoms with E-state index in [1.807, 2.05) is 60.7 Å². The van der Waals surface area contributed by atoms with Gasteiger partial charge in [0.25, 0.3) is 0 Å². The Balaban J connectivity index is 1.52. The number of likely N-dealkylation sites (tertiary alicyclic amines) is 1. The number of ether oxygens (including phenoxy) is 2. The Hall–Kier alpha value is -2.82. The van der Waals surface area contributed by atoms with E-state index in [9.17, 15) is 9.59 Å². The van der Waals surface area contributed by atoms with E-state index in [2.05, 4.69) is 0 Å². The summed E-state index contributed by atoms with van der Waals surface area (Å²) in [5.74, 6) is -0.377. The molecule has 1 amide bonds. The van der Waals surface area contributed by atoms with Crippen molar-refractivity contribution < 1.29 is 19.1 Å². The molecule has 2 aromatic carbocycles. The van der Waals surface area contributed by atoms with Crippen LogP contribution in [0.2, 0.25) is 0 Å². The second kappa shape index (κ2) is 8.33. The lowest BCUT2D eigenvalue weighted by molar-refractivity contribution is -0.149. The van der Waals surface area contributed by atoms with Gasteiger partial charge in [-0.05, 0) is 24.0 Å². The zero-order chi connectivity index (χ0) is 17.5. The molecule has 0 bridgehead atoms. The normalized spacial score (nSPS) is 16.5. The van der Waals surface area contributed by atoms with E-state index in [1.165, 1.54) is 4.90 Å². The Morgan fingerprint density at radius 2 is 1.44 bits per heavy atom. The van der Waals surface area contributed by atoms with E-state index in [-0.39, 0.29) is 19.2 Å². The molecule has 0 saturated carbocycles. The van der Waals surface area contributed by atoms with Crippen molar-refractivity contribution in [2.75, 3.05) is 6.54 Å². The molecule has 1 aliphatic rings. The van der Waals surface area contributed by atoms with Gasteiger partial charge in [0, 0.05) is 6.54 Å². The highest BCUT2D eigenvalue weighted by molar-refractivity contribution is 5.82. The molecule has 0 radical (unpaired) electrons. The quantitative estimate of drug-likeness (QED) is 0.782. The van der Waals surface area contributed by atoms with Crippen LogP contribution in [0.15, 0.2) is 60.7 Å². The Morgan fingerprint density at radius 1 is 0.880 bits per heavy atom. The molecule has 0 aliphatic carbocycles. The third-order valence-corrected chi connectivity index (χ3v) is 4.19. The Bertz CT molecular complexity index is 641. The maximum atomic E-state index is 12.3. The molecule has 2 aromatic rings. The number of amides is 1. The number of nitrogens with zero attached hydrogens (tertiary/aromatic N) is 1. The van der Waals surface area contributed by atoms with Crippen LogP contribution in [0.3, 0.4) is 0 Å². The molecule has 0 N–H and O–H groups in total. The lowest BCUT2D eigenvalue weighted by Crippen LogP contribution is -2.41. The first-order chi connectivity index (χ1) is 12.2. The van der Waals surface area contributed by atoms with E-state index in [0.29, 0.717) is 13.0 Å². The third kappa shape index (κ3) is 4.59. The van der Waals surface area contributed by atoms with Gasteiger partial charge in [0.15, 0.2) is 0 Å². The highest BCUT2D eigenvalue weighted by Gasteiger charge is 2.36. The molecule has 0 spiro atoms. The number of hydrogen-bond acceptors (Lipinski definition) is 4. The van der Waals surface area contributed by atoms with Gasteiger partial charge in [-0.2, -0.15) is 0 Å². The maximum Gasteiger partial charge on any atom is 0.410 e. The Kier molecular flexibility index (Phi) is 5.67. The summed E-state index contributed by atoms with van der Waals surface area (Å²) in [6.07, 6.45) is 0.905. The van der Waals surface area contributed by atoms with Crippen LogP contribution in [0.1, 0.15) is 24.0 Å². The first-order valence-corrected chi connectivity index (χ1v) is 8.42. The number of esters is 1. The molecule has 25 heavy (non-hydrogen) atoms. The van der Waals surface area contributed by atoms with Crippen LogP contribution in [0.25, 0.3) is 0 Å². The molecule has 0 aromatic heterocycles. The van der Waals surface area contributed by atoms with Crippen molar-refractivity contribution in [3.63, 3.8) is 0 Å². The van der Waals surface area contributed by atoms with Gasteiger partial charge in [-0.15, -0.1) is 0 Å². The minimum atomic E-state index is -0.563. The molecule has 1 saturated heterocycles. The zero-order valence-electron chi connectivity index (χ0n) is 14.0. The SMILES string of the molecule is O=C(OCc1ccccc1)C1CCCN1C(=O)OCc1ccccc1. The number of carbonyl (C=O) groups is 2. The molecule has 3 rings (SSSR count). The number of hydrogen-bond donors (Lipinski definition) is 0. The molecule has 5 nitrogen and oxygen atoms in total. The average Bonchev–Trinajstić information content (AvgIpc) is 3.16. The highest BCUT2D eigenvalue weighted by Crippen LogP contribution is 2.20. The fourth-order valence-corrected chi connectivity index (χ4v) is 2.86. The van der Waals surface area contributed by atoms with Gasteiger partial charge in [0.05, 0.1) is 0 Å². The molecule has 5 heteroatoms. The average molecular weight is 339 g/mol. The van der Waals surface area contributed by atoms with Crippen molar-refractivity contribution in [1.82, 2.24) is 4.90 Å². The second-order valence-electron chi connectivity index (χ2n) is 5.98. The van der Waals surface area contributed by atoms with Crippen LogP contribution in [-0.2, 0) is 27.5 Å². The summed E-state index contributed by atoms with van der Waals surface area (Å²) in [6.45, 7) is 0.920. The van der Waals surface area contributed by atoms with Crippen molar-refractivity contribution in [1.29, 1.82) is 0 Å². The molecule has 1 atom stereocenters. The predicted molar refractivity (Wildman–Crippen MR) is 92.6 cm³/mol. The van der Waals surface area contributed by atoms with Crippen LogP contribution >= 0.6 is 0 Å². The smallest absolute Gasteiger partial charge is 0.410 e. The molecule has 1 heterocycles. The minimum Gasteiger partial charge on any atom is -0.459 e. The standard InChI is InChI=1S/C20H21NO4/c22-19(24-14-16-8-3-1-4-9-16)18-12-7-13-21(18)20(23)25-15-17-10-5-2-6-11-17/h1-6,8-11,18H,7,12-15H2. The summed E-state index contributed by atoms with van der Waals surface area (Å²) in [4.78, 5) is 26.1. The maximum absolute atomic E-state index is 12.3. The summed E-state index contributed by atoms with van der Waals surface area (Å²) in [5, 5.41) is 0. The predicted octanol–water partition coefficient (Wildman–Crippen LogP) is 3.53. The van der Waals surface area contributed by atoms with Crippen molar-refractivity contribution in [3.05, 3.63) is 71.8 Å². The van der Waals surface area contributed by atoms with Gasteiger partial charge in [0.1, 0.15) is 19.3 Å². The van der Waals surface area contributed by atoms with Crippen LogP contribution < -0.4 is 0 Å². The lowest BCUT2D eigenvalue weighted by atomic mass is 10.2. The fourth-order valence-electron chi connectivity index (χ4n) is 2.86. The van der Waals surface area contributed by atoms with Crippen molar-refractivity contribution in [3.8, 4) is 0 Å². The van der Waals surface area contributed by atoms with Gasteiger partial charge >= 0.3 is 12.1 Å². The number of rotatable bonds is 5. The second-order valence-corrected chi connectivity index (χ2v) is 5.98. The van der Waals surface area contributed by atoms with Crippen LogP contribution in [0.5, 0.6) is 0 Å². The van der Waals surface area contributed by atoms with Crippen LogP contribution in [0.4, 0.5) is 4.79 Å². The first kappa shape index (κ1) is 17.0. The summed E-state index contributed by atoms with van der Waals surface area (Å²) in [5.41, 5.74) is 1.84. The van der Waals surface area contributed by atoms with Crippen LogP contribution in [0, 0.1) is 0 Å². The molecule has 1 fully saturated rings. The van der Waals surface area contributed by atoms with Crippen molar-refractivity contribution in [2.45, 2.75) is 32.1 Å². The minimum absolute atomic E-state index is 0.196. The van der Waals surface area contributed by atoms with Crippen molar-refractivity contribution >= 4 is 12.1 Å². The third-order valence-electron chi connectivity index (χ3n) is 4.19. The monoisotopic (exact) mass is 339 g/mol. The molecular formula is C20H21NO4. The largest absolute Gasteiger partial charge is 0.459 e. The molecular weight excluding hydrogens is 318 g/mol. The van der Waals surface area contributed by atoms with E-state index >= 15 is 0 Å². The summed E-state index contributed by atoms with van der Waals surface area (Å²) in [7, 11) is 0. The van der Waals surface area contributed by atoms with Crippen molar-refractivity contribution in [2.24, 2.45) is 0 Å². The highest BCUT2D eigenvalue weighted by atomic mass is 16.6. The topological polar surface area (TPSA) is 55.8 Å². The molecule has 130 valence electrons. The number of carbonyl (C=O) groups excluding carboxylic acids is 2. The molecule has 1 unspecified atom stereocenters. The zero-order valence-corrected chi connectivity index (χ0v) is 14.0. The van der Waals surface area contributed by atoms with E-state index in [0.717, 1.165) is 17.5 Å². The lowest BCUT2D eigenvalue weighted by Gasteiger charge is -2.22. The van der Waals surface area contributed by atoms with Gasteiger partial charge in [0.2, 0.25) is 0 Å². The van der Waals surface area contributed by atoms with Gasteiger partial charge in [-0.1, -0.05) is 60.7 Å². The molecule has 1 aliphatic heterocycles. The Morgan fingerprint density at radius 3 is 2.04 bits per heavy atom.